The van der Waals surface area contributed by atoms with E-state index in [1.54, 1.807) is 25.2 Å². The predicted molar refractivity (Wildman–Crippen MR) is 94.2 cm³/mol. The molecule has 0 heterocycles. The Morgan fingerprint density at radius 2 is 1.61 bits per heavy atom. The van der Waals surface area contributed by atoms with Gasteiger partial charge in [0.15, 0.2) is 13.1 Å². The second-order valence-electron chi connectivity index (χ2n) is 6.06. The van der Waals surface area contributed by atoms with Gasteiger partial charge in [-0.05, 0) is 25.0 Å². The van der Waals surface area contributed by atoms with E-state index in [-0.39, 0.29) is 30.9 Å². The Morgan fingerprint density at radius 3 is 2.13 bits per heavy atom. The zero-order valence-electron chi connectivity index (χ0n) is 13.9. The van der Waals surface area contributed by atoms with Crippen LogP contribution >= 0.6 is 23.2 Å². The van der Waals surface area contributed by atoms with E-state index in [1.165, 1.54) is 0 Å². The van der Waals surface area contributed by atoms with Crippen LogP contribution in [0.15, 0.2) is 18.2 Å². The average molecular weight is 361 g/mol. The molecule has 0 fully saturated rings. The van der Waals surface area contributed by atoms with Crippen molar-refractivity contribution in [3.05, 3.63) is 28.2 Å². The van der Waals surface area contributed by atoms with Gasteiger partial charge in [-0.3, -0.25) is 9.59 Å². The topological polar surface area (TPSA) is 62.6 Å². The Bertz CT molecular complexity index is 544. The average Bonchev–Trinajstić information content (AvgIpc) is 2.42. The molecule has 23 heavy (non-hydrogen) atoms. The fourth-order valence-electron chi connectivity index (χ4n) is 1.88. The van der Waals surface area contributed by atoms with Gasteiger partial charge in [-0.15, -0.1) is 0 Å². The Morgan fingerprint density at radius 1 is 1.09 bits per heavy atom. The minimum absolute atomic E-state index is 0.0766. The predicted octanol–water partition coefficient (Wildman–Crippen LogP) is 1.61. The summed E-state index contributed by atoms with van der Waals surface area (Å²) in [6, 6.07) is 5.12. The third-order valence-electron chi connectivity index (χ3n) is 3.54. The quantitative estimate of drug-likeness (QED) is 0.691. The largest absolute Gasteiger partial charge is 0.348 e. The smallest absolute Gasteiger partial charge is 0.279 e. The minimum Gasteiger partial charge on any atom is -0.348 e. The van der Waals surface area contributed by atoms with Crippen molar-refractivity contribution in [3.63, 3.8) is 0 Å². The first-order valence-corrected chi connectivity index (χ1v) is 8.30. The SMILES string of the molecule is CC(C)[C@H](C)NC(=O)C[NH+](C)CC(=O)Nc1c(Cl)cccc1Cl. The van der Waals surface area contributed by atoms with Crippen molar-refractivity contribution in [2.24, 2.45) is 5.92 Å². The molecular formula is C16H24Cl2N3O2+. The van der Waals surface area contributed by atoms with E-state index >= 15 is 0 Å². The van der Waals surface area contributed by atoms with Crippen LogP contribution in [0.2, 0.25) is 10.0 Å². The molecule has 3 N–H and O–H groups in total. The number of likely N-dealkylation sites (N-methyl/N-ethyl adjacent to an activating group) is 1. The summed E-state index contributed by atoms with van der Waals surface area (Å²) in [6.45, 7) is 6.42. The molecule has 0 aliphatic heterocycles. The van der Waals surface area contributed by atoms with Crippen molar-refractivity contribution in [3.8, 4) is 0 Å². The number of rotatable bonds is 7. The van der Waals surface area contributed by atoms with Gasteiger partial charge >= 0.3 is 0 Å². The number of hydrogen-bond donors (Lipinski definition) is 3. The van der Waals surface area contributed by atoms with Gasteiger partial charge in [0.2, 0.25) is 0 Å². The molecule has 1 rings (SSSR count). The van der Waals surface area contributed by atoms with Crippen LogP contribution in [-0.2, 0) is 9.59 Å². The first-order chi connectivity index (χ1) is 10.7. The zero-order chi connectivity index (χ0) is 17.6. The van der Waals surface area contributed by atoms with E-state index < -0.39 is 0 Å². The molecule has 5 nitrogen and oxygen atoms in total. The maximum atomic E-state index is 12.1. The molecule has 0 bridgehead atoms. The van der Waals surface area contributed by atoms with E-state index in [0.717, 1.165) is 4.90 Å². The molecule has 0 aliphatic carbocycles. The molecule has 0 aromatic heterocycles. The monoisotopic (exact) mass is 360 g/mol. The van der Waals surface area contributed by atoms with Crippen LogP contribution in [0.1, 0.15) is 20.8 Å². The first kappa shape index (κ1) is 19.7. The molecule has 0 aliphatic rings. The van der Waals surface area contributed by atoms with Crippen molar-refractivity contribution in [2.75, 3.05) is 25.5 Å². The third-order valence-corrected chi connectivity index (χ3v) is 4.17. The number of carbonyl (C=O) groups is 2. The molecule has 1 unspecified atom stereocenters. The molecule has 2 amide bonds. The van der Waals surface area contributed by atoms with Gasteiger partial charge in [-0.1, -0.05) is 43.1 Å². The summed E-state index contributed by atoms with van der Waals surface area (Å²) >= 11 is 12.0. The summed E-state index contributed by atoms with van der Waals surface area (Å²) < 4.78 is 0. The van der Waals surface area contributed by atoms with Crippen LogP contribution in [0.25, 0.3) is 0 Å². The normalized spacial score (nSPS) is 13.5. The number of anilines is 1. The highest BCUT2D eigenvalue weighted by Crippen LogP contribution is 2.29. The second-order valence-corrected chi connectivity index (χ2v) is 6.87. The fraction of sp³-hybridized carbons (Fsp3) is 0.500. The fourth-order valence-corrected chi connectivity index (χ4v) is 2.38. The Balaban J connectivity index is 2.49. The number of amides is 2. The van der Waals surface area contributed by atoms with Gasteiger partial charge in [-0.2, -0.15) is 0 Å². The van der Waals surface area contributed by atoms with E-state index in [9.17, 15) is 9.59 Å². The summed E-state index contributed by atoms with van der Waals surface area (Å²) in [7, 11) is 1.79. The lowest BCUT2D eigenvalue weighted by molar-refractivity contribution is -0.862. The maximum absolute atomic E-state index is 12.1. The van der Waals surface area contributed by atoms with Gasteiger partial charge in [-0.25, -0.2) is 0 Å². The summed E-state index contributed by atoms with van der Waals surface area (Å²) in [6.07, 6.45) is 0. The van der Waals surface area contributed by atoms with Crippen LogP contribution in [0.4, 0.5) is 5.69 Å². The Kier molecular flexibility index (Phi) is 7.82. The van der Waals surface area contributed by atoms with Gasteiger partial charge in [0.05, 0.1) is 22.8 Å². The number of para-hydroxylation sites is 1. The minimum atomic E-state index is -0.248. The number of carbonyl (C=O) groups excluding carboxylic acids is 2. The van der Waals surface area contributed by atoms with Crippen molar-refractivity contribution in [1.82, 2.24) is 5.32 Å². The van der Waals surface area contributed by atoms with Crippen molar-refractivity contribution in [1.29, 1.82) is 0 Å². The van der Waals surface area contributed by atoms with Crippen LogP contribution in [0.3, 0.4) is 0 Å². The van der Waals surface area contributed by atoms with Crippen LogP contribution in [-0.4, -0.2) is 38.0 Å². The number of halogens is 2. The zero-order valence-corrected chi connectivity index (χ0v) is 15.4. The molecule has 1 aromatic carbocycles. The maximum Gasteiger partial charge on any atom is 0.279 e. The number of nitrogens with one attached hydrogen (secondary N) is 3. The van der Waals surface area contributed by atoms with Crippen LogP contribution in [0, 0.1) is 5.92 Å². The van der Waals surface area contributed by atoms with Gasteiger partial charge in [0.1, 0.15) is 0 Å². The molecule has 0 radical (unpaired) electrons. The third kappa shape index (κ3) is 6.77. The standard InChI is InChI=1S/C16H23Cl2N3O2/c1-10(2)11(3)19-14(22)8-21(4)9-15(23)20-16-12(17)6-5-7-13(16)18/h5-7,10-11H,8-9H2,1-4H3,(H,19,22)(H,20,23)/p+1/t11-/m0/s1. The van der Waals surface area contributed by atoms with Gasteiger partial charge in [0, 0.05) is 6.04 Å². The summed E-state index contributed by atoms with van der Waals surface area (Å²) in [5.41, 5.74) is 0.395. The Labute approximate surface area is 147 Å². The molecular weight excluding hydrogens is 337 g/mol. The van der Waals surface area contributed by atoms with E-state index in [0.29, 0.717) is 21.7 Å². The summed E-state index contributed by atoms with van der Waals surface area (Å²) in [5, 5.41) is 6.37. The van der Waals surface area contributed by atoms with E-state index in [1.807, 2.05) is 20.8 Å². The molecule has 128 valence electrons. The second kappa shape index (κ2) is 9.11. The molecule has 0 spiro atoms. The molecule has 1 aromatic rings. The number of hydrogen-bond acceptors (Lipinski definition) is 2. The molecule has 0 saturated carbocycles. The lowest BCUT2D eigenvalue weighted by Gasteiger charge is -2.19. The summed E-state index contributed by atoms with van der Waals surface area (Å²) in [4.78, 5) is 24.7. The van der Waals surface area contributed by atoms with Crippen molar-refractivity contribution < 1.29 is 14.5 Å². The lowest BCUT2D eigenvalue weighted by atomic mass is 10.1. The van der Waals surface area contributed by atoms with Crippen LogP contribution in [0.5, 0.6) is 0 Å². The number of benzene rings is 1. The van der Waals surface area contributed by atoms with Gasteiger partial charge in [0.25, 0.3) is 11.8 Å². The molecule has 2 atom stereocenters. The number of quaternary nitrogens is 1. The van der Waals surface area contributed by atoms with Crippen molar-refractivity contribution >= 4 is 40.7 Å². The lowest BCUT2D eigenvalue weighted by Crippen LogP contribution is -3.11. The Hall–Kier alpha value is -1.30. The highest BCUT2D eigenvalue weighted by Gasteiger charge is 2.18. The highest BCUT2D eigenvalue weighted by atomic mass is 35.5. The summed E-state index contributed by atoms with van der Waals surface area (Å²) in [5.74, 6) is 0.0411. The molecule has 7 heteroatoms. The van der Waals surface area contributed by atoms with Crippen LogP contribution < -0.4 is 15.5 Å². The first-order valence-electron chi connectivity index (χ1n) is 7.55. The van der Waals surface area contributed by atoms with E-state index in [4.69, 9.17) is 23.2 Å². The van der Waals surface area contributed by atoms with Gasteiger partial charge < -0.3 is 15.5 Å². The van der Waals surface area contributed by atoms with Crippen molar-refractivity contribution in [2.45, 2.75) is 26.8 Å². The highest BCUT2D eigenvalue weighted by molar-refractivity contribution is 6.39. The molecule has 0 saturated heterocycles. The van der Waals surface area contributed by atoms with E-state index in [2.05, 4.69) is 10.6 Å².